The highest BCUT2D eigenvalue weighted by Crippen LogP contribution is 2.23. The van der Waals surface area contributed by atoms with Crippen LogP contribution >= 0.6 is 0 Å². The zero-order valence-corrected chi connectivity index (χ0v) is 11.2. The molecule has 1 unspecified atom stereocenters. The van der Waals surface area contributed by atoms with Gasteiger partial charge in [0.1, 0.15) is 0 Å². The van der Waals surface area contributed by atoms with Crippen LogP contribution in [0, 0.1) is 16.7 Å². The van der Waals surface area contributed by atoms with Crippen LogP contribution < -0.4 is 5.73 Å². The third-order valence-electron chi connectivity index (χ3n) is 3.88. The maximum Gasteiger partial charge on any atom is 0.0963 e. The first kappa shape index (κ1) is 14.5. The van der Waals surface area contributed by atoms with Crippen molar-refractivity contribution in [1.29, 1.82) is 5.41 Å². The average Bonchev–Trinajstić information content (AvgIpc) is 2.72. The molecule has 1 atom stereocenters. The molecule has 4 heteroatoms. The summed E-state index contributed by atoms with van der Waals surface area (Å²) in [6.45, 7) is 7.69. The number of amidine groups is 1. The molecule has 0 radical (unpaired) electrons. The minimum absolute atomic E-state index is 0.154. The maximum absolute atomic E-state index is 9.06. The van der Waals surface area contributed by atoms with Crippen LogP contribution in [0.25, 0.3) is 0 Å². The fourth-order valence-electron chi connectivity index (χ4n) is 2.30. The van der Waals surface area contributed by atoms with Gasteiger partial charge in [-0.25, -0.2) is 0 Å². The van der Waals surface area contributed by atoms with Crippen LogP contribution in [-0.4, -0.2) is 42.1 Å². The first-order valence-corrected chi connectivity index (χ1v) is 6.63. The third kappa shape index (κ3) is 4.64. The molecule has 1 saturated heterocycles. The highest BCUT2D eigenvalue weighted by molar-refractivity contribution is 5.82. The molecular formula is C13H27N3O. The lowest BCUT2D eigenvalue weighted by Gasteiger charge is -2.23. The molecule has 0 aromatic heterocycles. The number of aliphatic hydroxyl groups excluding tert-OH is 1. The van der Waals surface area contributed by atoms with E-state index in [1.54, 1.807) is 0 Å². The normalized spacial score (nSPS) is 21.9. The number of aliphatic hydroxyl groups is 1. The van der Waals surface area contributed by atoms with Gasteiger partial charge in [-0.2, -0.15) is 0 Å². The lowest BCUT2D eigenvalue weighted by Crippen LogP contribution is -2.31. The Balaban J connectivity index is 2.11. The summed E-state index contributed by atoms with van der Waals surface area (Å²) in [6.07, 6.45) is 4.40. The first-order valence-electron chi connectivity index (χ1n) is 6.63. The molecular weight excluding hydrogens is 214 g/mol. The molecule has 17 heavy (non-hydrogen) atoms. The number of hydrogen-bond donors (Lipinski definition) is 3. The molecule has 1 aliphatic rings. The van der Waals surface area contributed by atoms with Gasteiger partial charge in [-0.3, -0.25) is 5.41 Å². The van der Waals surface area contributed by atoms with E-state index in [2.05, 4.69) is 4.90 Å². The minimum Gasteiger partial charge on any atom is -0.396 e. The molecule has 100 valence electrons. The zero-order valence-electron chi connectivity index (χ0n) is 11.2. The number of nitrogens with one attached hydrogen (secondary N) is 1. The molecule has 4 nitrogen and oxygen atoms in total. The van der Waals surface area contributed by atoms with Gasteiger partial charge in [-0.1, -0.05) is 20.3 Å². The van der Waals surface area contributed by atoms with E-state index in [4.69, 9.17) is 16.2 Å². The van der Waals surface area contributed by atoms with Crippen LogP contribution in [0.15, 0.2) is 0 Å². The van der Waals surface area contributed by atoms with Crippen LogP contribution in [0.2, 0.25) is 0 Å². The van der Waals surface area contributed by atoms with Crippen LogP contribution in [0.1, 0.15) is 39.5 Å². The Hall–Kier alpha value is -0.610. The molecule has 1 fully saturated rings. The van der Waals surface area contributed by atoms with E-state index in [9.17, 15) is 0 Å². The molecule has 1 aliphatic heterocycles. The highest BCUT2D eigenvalue weighted by Gasteiger charge is 2.23. The third-order valence-corrected chi connectivity index (χ3v) is 3.88. The number of nitrogens with two attached hydrogens (primary N) is 1. The summed E-state index contributed by atoms with van der Waals surface area (Å²) in [5, 5.41) is 16.5. The molecule has 0 aromatic carbocycles. The molecule has 1 heterocycles. The van der Waals surface area contributed by atoms with Gasteiger partial charge in [0.05, 0.1) is 5.84 Å². The van der Waals surface area contributed by atoms with E-state index in [0.717, 1.165) is 45.3 Å². The summed E-state index contributed by atoms with van der Waals surface area (Å²) < 4.78 is 0. The predicted octanol–water partition coefficient (Wildman–Crippen LogP) is 1.43. The Bertz CT molecular complexity index is 253. The standard InChI is InChI=1S/C13H27N3O/c1-13(2,12(14)15)6-3-4-7-16-8-5-11(9-16)10-17/h11,17H,3-10H2,1-2H3,(H3,14,15). The summed E-state index contributed by atoms with van der Waals surface area (Å²) in [6, 6.07) is 0. The Morgan fingerprint density at radius 2 is 2.18 bits per heavy atom. The van der Waals surface area contributed by atoms with Crippen LogP contribution in [0.5, 0.6) is 0 Å². The van der Waals surface area contributed by atoms with Crippen molar-refractivity contribution in [2.75, 3.05) is 26.2 Å². The lowest BCUT2D eigenvalue weighted by atomic mass is 9.86. The molecule has 0 aromatic rings. The van der Waals surface area contributed by atoms with E-state index >= 15 is 0 Å². The first-order chi connectivity index (χ1) is 7.95. The van der Waals surface area contributed by atoms with Crippen molar-refractivity contribution in [2.24, 2.45) is 17.1 Å². The maximum atomic E-state index is 9.06. The largest absolute Gasteiger partial charge is 0.396 e. The summed E-state index contributed by atoms with van der Waals surface area (Å²) in [4.78, 5) is 2.43. The highest BCUT2D eigenvalue weighted by atomic mass is 16.3. The second-order valence-electron chi connectivity index (χ2n) is 5.89. The quantitative estimate of drug-likeness (QED) is 0.359. The van der Waals surface area contributed by atoms with Crippen molar-refractivity contribution in [1.82, 2.24) is 4.90 Å². The van der Waals surface area contributed by atoms with E-state index < -0.39 is 0 Å². The lowest BCUT2D eigenvalue weighted by molar-refractivity contribution is 0.220. The van der Waals surface area contributed by atoms with Crippen molar-refractivity contribution in [3.63, 3.8) is 0 Å². The number of rotatable bonds is 7. The van der Waals surface area contributed by atoms with Gasteiger partial charge in [-0.15, -0.1) is 0 Å². The van der Waals surface area contributed by atoms with E-state index in [0.29, 0.717) is 18.4 Å². The Kier molecular flexibility index (Phi) is 5.40. The number of unbranched alkanes of at least 4 members (excludes halogenated alkanes) is 1. The molecule has 0 saturated carbocycles. The number of nitrogens with zero attached hydrogens (tertiary/aromatic N) is 1. The number of likely N-dealkylation sites (tertiary alicyclic amines) is 1. The molecule has 0 bridgehead atoms. The molecule has 0 spiro atoms. The van der Waals surface area contributed by atoms with Gasteiger partial charge in [0, 0.05) is 18.6 Å². The second-order valence-corrected chi connectivity index (χ2v) is 5.89. The predicted molar refractivity (Wildman–Crippen MR) is 71.2 cm³/mol. The van der Waals surface area contributed by atoms with Crippen molar-refractivity contribution >= 4 is 5.84 Å². The van der Waals surface area contributed by atoms with Gasteiger partial charge >= 0.3 is 0 Å². The van der Waals surface area contributed by atoms with Crippen LogP contribution in [0.3, 0.4) is 0 Å². The van der Waals surface area contributed by atoms with Crippen LogP contribution in [0.4, 0.5) is 0 Å². The topological polar surface area (TPSA) is 73.3 Å². The minimum atomic E-state index is -0.154. The van der Waals surface area contributed by atoms with Crippen molar-refractivity contribution < 1.29 is 5.11 Å². The Morgan fingerprint density at radius 1 is 1.47 bits per heavy atom. The van der Waals surface area contributed by atoms with Gasteiger partial charge in [0.2, 0.25) is 0 Å². The second kappa shape index (κ2) is 6.36. The monoisotopic (exact) mass is 241 g/mol. The smallest absolute Gasteiger partial charge is 0.0963 e. The Labute approximate surface area is 105 Å². The Morgan fingerprint density at radius 3 is 2.71 bits per heavy atom. The van der Waals surface area contributed by atoms with Gasteiger partial charge in [0.25, 0.3) is 0 Å². The van der Waals surface area contributed by atoms with Gasteiger partial charge in [-0.05, 0) is 38.3 Å². The summed E-state index contributed by atoms with van der Waals surface area (Å²) in [5.74, 6) is 0.780. The SMILES string of the molecule is CC(C)(CCCCN1CCC(CO)C1)C(=N)N. The molecule has 4 N–H and O–H groups in total. The zero-order chi connectivity index (χ0) is 12.9. The fraction of sp³-hybridized carbons (Fsp3) is 0.923. The molecule has 1 rings (SSSR count). The number of hydrogen-bond acceptors (Lipinski definition) is 3. The van der Waals surface area contributed by atoms with E-state index in [1.165, 1.54) is 0 Å². The van der Waals surface area contributed by atoms with E-state index in [1.807, 2.05) is 13.8 Å². The average molecular weight is 241 g/mol. The summed E-state index contributed by atoms with van der Waals surface area (Å²) >= 11 is 0. The van der Waals surface area contributed by atoms with Crippen LogP contribution in [-0.2, 0) is 0 Å². The molecule has 0 amide bonds. The van der Waals surface area contributed by atoms with Crippen molar-refractivity contribution in [3.8, 4) is 0 Å². The fourth-order valence-corrected chi connectivity index (χ4v) is 2.30. The molecule has 0 aliphatic carbocycles. The van der Waals surface area contributed by atoms with Gasteiger partial charge in [0.15, 0.2) is 0 Å². The van der Waals surface area contributed by atoms with Crippen molar-refractivity contribution in [2.45, 2.75) is 39.5 Å². The summed E-state index contributed by atoms with van der Waals surface area (Å²) in [5.41, 5.74) is 5.40. The summed E-state index contributed by atoms with van der Waals surface area (Å²) in [7, 11) is 0. The van der Waals surface area contributed by atoms with Crippen molar-refractivity contribution in [3.05, 3.63) is 0 Å². The van der Waals surface area contributed by atoms with Gasteiger partial charge < -0.3 is 15.7 Å². The van der Waals surface area contributed by atoms with E-state index in [-0.39, 0.29) is 5.41 Å².